The van der Waals surface area contributed by atoms with Gasteiger partial charge < -0.3 is 5.32 Å². The first-order chi connectivity index (χ1) is 7.77. The number of fused-ring (bicyclic) bond motifs is 2. The van der Waals surface area contributed by atoms with Crippen molar-refractivity contribution in [1.29, 1.82) is 0 Å². The van der Waals surface area contributed by atoms with Gasteiger partial charge in [0.05, 0.1) is 0 Å². The van der Waals surface area contributed by atoms with E-state index >= 15 is 0 Å². The number of halogens is 1. The highest BCUT2D eigenvalue weighted by Crippen LogP contribution is 2.58. The van der Waals surface area contributed by atoms with Gasteiger partial charge in [0.25, 0.3) is 0 Å². The fraction of sp³-hybridized carbons (Fsp3) is 0.571. The molecule has 1 N–H and O–H groups in total. The molecule has 2 aliphatic carbocycles. The molecule has 3 rings (SSSR count). The number of hydrogen-bond acceptors (Lipinski definition) is 1. The summed E-state index contributed by atoms with van der Waals surface area (Å²) < 4.78 is 0. The topological polar surface area (TPSA) is 12.0 Å². The van der Waals surface area contributed by atoms with Crippen molar-refractivity contribution >= 4 is 11.6 Å². The van der Waals surface area contributed by atoms with E-state index in [9.17, 15) is 0 Å². The normalized spacial score (nSPS) is 25.5. The Morgan fingerprint density at radius 1 is 1.44 bits per heavy atom. The molecule has 1 spiro atoms. The van der Waals surface area contributed by atoms with E-state index in [-0.39, 0.29) is 0 Å². The molecule has 16 heavy (non-hydrogen) atoms. The first kappa shape index (κ1) is 10.6. The summed E-state index contributed by atoms with van der Waals surface area (Å²) in [7, 11) is 2.04. The largest absolute Gasteiger partial charge is 0.319 e. The molecule has 0 aromatic heterocycles. The third-order valence-corrected chi connectivity index (χ3v) is 4.73. The smallest absolute Gasteiger partial charge is 0.0446 e. The number of likely N-dealkylation sites (N-methyl/N-ethyl adjacent to an activating group) is 1. The predicted molar refractivity (Wildman–Crippen MR) is 68.3 cm³/mol. The maximum atomic E-state index is 6.41. The highest BCUT2D eigenvalue weighted by atomic mass is 35.5. The van der Waals surface area contributed by atoms with E-state index in [1.807, 2.05) is 7.05 Å². The highest BCUT2D eigenvalue weighted by molar-refractivity contribution is 6.31. The zero-order valence-electron chi connectivity index (χ0n) is 9.72. The van der Waals surface area contributed by atoms with E-state index in [4.69, 9.17) is 11.6 Å². The molecular weight excluding hydrogens is 218 g/mol. The van der Waals surface area contributed by atoms with E-state index < -0.39 is 0 Å². The van der Waals surface area contributed by atoms with Crippen LogP contribution in [0.5, 0.6) is 0 Å². The maximum Gasteiger partial charge on any atom is 0.0446 e. The summed E-state index contributed by atoms with van der Waals surface area (Å²) in [5, 5.41) is 4.31. The zero-order valence-corrected chi connectivity index (χ0v) is 10.5. The van der Waals surface area contributed by atoms with Gasteiger partial charge in [-0.25, -0.2) is 0 Å². The van der Waals surface area contributed by atoms with Gasteiger partial charge in [-0.15, -0.1) is 0 Å². The van der Waals surface area contributed by atoms with Gasteiger partial charge >= 0.3 is 0 Å². The number of hydrogen-bond donors (Lipinski definition) is 1. The number of nitrogens with one attached hydrogen (secondary N) is 1. The van der Waals surface area contributed by atoms with Crippen LogP contribution in [0.2, 0.25) is 5.02 Å². The maximum absolute atomic E-state index is 6.41. The van der Waals surface area contributed by atoms with E-state index in [1.165, 1.54) is 36.8 Å². The van der Waals surface area contributed by atoms with Gasteiger partial charge in [-0.1, -0.05) is 30.2 Å². The minimum atomic E-state index is 0.440. The molecule has 1 atom stereocenters. The number of rotatable bonds is 2. The third kappa shape index (κ3) is 1.34. The van der Waals surface area contributed by atoms with Gasteiger partial charge in [-0.05, 0) is 54.8 Å². The lowest BCUT2D eigenvalue weighted by atomic mass is 9.65. The lowest BCUT2D eigenvalue weighted by Crippen LogP contribution is -2.32. The second-order valence-corrected chi connectivity index (χ2v) is 5.70. The van der Waals surface area contributed by atoms with Crippen LogP contribution in [0.1, 0.15) is 42.7 Å². The molecule has 0 saturated heterocycles. The number of benzene rings is 1. The van der Waals surface area contributed by atoms with Crippen LogP contribution < -0.4 is 5.32 Å². The van der Waals surface area contributed by atoms with Crippen LogP contribution in [-0.4, -0.2) is 13.6 Å². The summed E-state index contributed by atoms with van der Waals surface area (Å²) in [6.45, 7) is 1.08. The molecule has 0 radical (unpaired) electrons. The Balaban J connectivity index is 2.07. The quantitative estimate of drug-likeness (QED) is 0.828. The average Bonchev–Trinajstić information content (AvgIpc) is 2.55. The molecule has 0 aliphatic heterocycles. The molecule has 1 aromatic carbocycles. The van der Waals surface area contributed by atoms with E-state index in [0.29, 0.717) is 11.3 Å². The molecule has 1 aromatic rings. The van der Waals surface area contributed by atoms with Crippen molar-refractivity contribution in [2.75, 3.05) is 13.6 Å². The van der Waals surface area contributed by atoms with Crippen molar-refractivity contribution in [3.63, 3.8) is 0 Å². The molecule has 86 valence electrons. The molecule has 1 saturated carbocycles. The standard InChI is InChI=1S/C14H18ClN/c1-16-9-10-8-14(6-3-7-14)13-11(10)4-2-5-12(13)15/h2,4-5,10,16H,3,6-9H2,1H3. The fourth-order valence-corrected chi connectivity index (χ4v) is 3.99. The van der Waals surface area contributed by atoms with Crippen LogP contribution in [0, 0.1) is 0 Å². The Morgan fingerprint density at radius 2 is 2.25 bits per heavy atom. The van der Waals surface area contributed by atoms with Crippen LogP contribution in [0.15, 0.2) is 18.2 Å². The Hall–Kier alpha value is -0.530. The summed E-state index contributed by atoms with van der Waals surface area (Å²) in [6.07, 6.45) is 5.34. The van der Waals surface area contributed by atoms with Crippen LogP contribution in [0.3, 0.4) is 0 Å². The Kier molecular flexibility index (Phi) is 2.49. The minimum Gasteiger partial charge on any atom is -0.319 e. The third-order valence-electron chi connectivity index (χ3n) is 4.41. The second kappa shape index (κ2) is 3.75. The van der Waals surface area contributed by atoms with Crippen molar-refractivity contribution in [2.45, 2.75) is 37.0 Å². The molecule has 0 bridgehead atoms. The van der Waals surface area contributed by atoms with Gasteiger partial charge in [0.15, 0.2) is 0 Å². The van der Waals surface area contributed by atoms with Gasteiger partial charge in [0, 0.05) is 11.6 Å². The SMILES string of the molecule is CNCC1CC2(CCC2)c2c(Cl)cccc21. The van der Waals surface area contributed by atoms with Crippen molar-refractivity contribution in [3.8, 4) is 0 Å². The van der Waals surface area contributed by atoms with Gasteiger partial charge in [-0.2, -0.15) is 0 Å². The second-order valence-electron chi connectivity index (χ2n) is 5.30. The molecule has 0 heterocycles. The monoisotopic (exact) mass is 235 g/mol. The van der Waals surface area contributed by atoms with Crippen LogP contribution in [0.25, 0.3) is 0 Å². The Bertz CT molecular complexity index is 409. The summed E-state index contributed by atoms with van der Waals surface area (Å²) in [5.41, 5.74) is 3.42. The predicted octanol–water partition coefficient (Wildman–Crippen LogP) is 3.47. The van der Waals surface area contributed by atoms with Crippen molar-refractivity contribution in [3.05, 3.63) is 34.3 Å². The summed E-state index contributed by atoms with van der Waals surface area (Å²) >= 11 is 6.41. The minimum absolute atomic E-state index is 0.440. The van der Waals surface area contributed by atoms with Crippen molar-refractivity contribution in [1.82, 2.24) is 5.32 Å². The van der Waals surface area contributed by atoms with Crippen LogP contribution >= 0.6 is 11.6 Å². The fourth-order valence-electron chi connectivity index (χ4n) is 3.61. The van der Waals surface area contributed by atoms with E-state index in [1.54, 1.807) is 0 Å². The molecule has 2 heteroatoms. The van der Waals surface area contributed by atoms with Crippen molar-refractivity contribution in [2.24, 2.45) is 0 Å². The van der Waals surface area contributed by atoms with Crippen LogP contribution in [-0.2, 0) is 5.41 Å². The molecule has 1 unspecified atom stereocenters. The Labute approximate surface area is 102 Å². The Morgan fingerprint density at radius 3 is 2.88 bits per heavy atom. The van der Waals surface area contributed by atoms with Crippen molar-refractivity contribution < 1.29 is 0 Å². The van der Waals surface area contributed by atoms with E-state index in [2.05, 4.69) is 23.5 Å². The highest BCUT2D eigenvalue weighted by Gasteiger charge is 2.48. The lowest BCUT2D eigenvalue weighted by molar-refractivity contribution is 0.232. The summed E-state index contributed by atoms with van der Waals surface area (Å²) in [4.78, 5) is 0. The van der Waals surface area contributed by atoms with Gasteiger partial charge in [-0.3, -0.25) is 0 Å². The molecule has 2 aliphatic rings. The molecule has 1 nitrogen and oxygen atoms in total. The molecule has 1 fully saturated rings. The van der Waals surface area contributed by atoms with Gasteiger partial charge in [0.2, 0.25) is 0 Å². The summed E-state index contributed by atoms with van der Waals surface area (Å²) in [5.74, 6) is 0.666. The zero-order chi connectivity index (χ0) is 11.2. The van der Waals surface area contributed by atoms with Crippen LogP contribution in [0.4, 0.5) is 0 Å². The average molecular weight is 236 g/mol. The first-order valence-corrected chi connectivity index (χ1v) is 6.58. The van der Waals surface area contributed by atoms with E-state index in [0.717, 1.165) is 11.6 Å². The lowest BCUT2D eigenvalue weighted by Gasteiger charge is -2.40. The summed E-state index contributed by atoms with van der Waals surface area (Å²) in [6, 6.07) is 6.43. The van der Waals surface area contributed by atoms with Gasteiger partial charge in [0.1, 0.15) is 0 Å². The first-order valence-electron chi connectivity index (χ1n) is 6.20. The molecular formula is C14H18ClN. The molecule has 0 amide bonds.